The normalized spacial score (nSPS) is 10.4. The summed E-state index contributed by atoms with van der Waals surface area (Å²) in [5.41, 5.74) is 0.128. The van der Waals surface area contributed by atoms with Gasteiger partial charge in [-0.25, -0.2) is 0 Å². The van der Waals surface area contributed by atoms with E-state index in [2.05, 4.69) is 10.1 Å². The number of hydrogen-bond donors (Lipinski definition) is 1. The Balaban J connectivity index is 0.00000256. The molecule has 0 atom stereocenters. The highest BCUT2D eigenvalue weighted by Gasteiger charge is 2.31. The van der Waals surface area contributed by atoms with Crippen LogP contribution in [0.4, 0.5) is 13.2 Å². The fourth-order valence-corrected chi connectivity index (χ4v) is 1.10. The van der Waals surface area contributed by atoms with Gasteiger partial charge in [-0.1, -0.05) is 13.5 Å². The lowest BCUT2D eigenvalue weighted by atomic mass is 10.2. The molecule has 0 radical (unpaired) electrons. The molecule has 6 heteroatoms. The van der Waals surface area contributed by atoms with Gasteiger partial charge in [-0.15, -0.1) is 13.2 Å². The predicted octanol–water partition coefficient (Wildman–Crippen LogP) is 2.97. The van der Waals surface area contributed by atoms with Crippen molar-refractivity contribution in [2.24, 2.45) is 0 Å². The lowest BCUT2D eigenvalue weighted by Crippen LogP contribution is -2.23. The van der Waals surface area contributed by atoms with E-state index >= 15 is 0 Å². The van der Waals surface area contributed by atoms with E-state index in [1.807, 2.05) is 0 Å². The minimum atomic E-state index is -4.75. The quantitative estimate of drug-likeness (QED) is 0.894. The number of halogens is 3. The van der Waals surface area contributed by atoms with Crippen LogP contribution in [0.25, 0.3) is 0 Å². The molecule has 1 aromatic carbocycles. The molecule has 1 aromatic rings. The minimum absolute atomic E-state index is 0. The summed E-state index contributed by atoms with van der Waals surface area (Å²) in [6, 6.07) is 4.91. The summed E-state index contributed by atoms with van der Waals surface area (Å²) in [6.07, 6.45) is -4.75. The summed E-state index contributed by atoms with van der Waals surface area (Å²) >= 11 is 0. The van der Waals surface area contributed by atoms with Crippen molar-refractivity contribution in [3.63, 3.8) is 0 Å². The molecule has 1 amide bonds. The molecule has 0 spiro atoms. The van der Waals surface area contributed by atoms with E-state index in [0.29, 0.717) is 6.54 Å². The van der Waals surface area contributed by atoms with Gasteiger partial charge in [0.2, 0.25) is 0 Å². The first-order chi connectivity index (χ1) is 7.42. The van der Waals surface area contributed by atoms with E-state index in [4.69, 9.17) is 0 Å². The average Bonchev–Trinajstić information content (AvgIpc) is 2.16. The molecule has 0 saturated carbocycles. The molecule has 0 fully saturated rings. The Morgan fingerprint density at radius 3 is 2.59 bits per heavy atom. The summed E-state index contributed by atoms with van der Waals surface area (Å²) in [5, 5.41) is 2.48. The third-order valence-corrected chi connectivity index (χ3v) is 1.67. The molecule has 1 rings (SSSR count). The largest absolute Gasteiger partial charge is 0.573 e. The van der Waals surface area contributed by atoms with Crippen molar-refractivity contribution in [2.75, 3.05) is 6.54 Å². The van der Waals surface area contributed by atoms with E-state index in [-0.39, 0.29) is 13.0 Å². The first-order valence-electron chi connectivity index (χ1n) is 4.56. The molecule has 0 bridgehead atoms. The van der Waals surface area contributed by atoms with Crippen molar-refractivity contribution < 1.29 is 22.7 Å². The number of hydrogen-bond acceptors (Lipinski definition) is 2. The number of rotatable bonds is 3. The summed E-state index contributed by atoms with van der Waals surface area (Å²) in [5.74, 6) is -0.841. The first-order valence-corrected chi connectivity index (χ1v) is 4.56. The van der Waals surface area contributed by atoms with Crippen LogP contribution in [0.1, 0.15) is 24.7 Å². The summed E-state index contributed by atoms with van der Waals surface area (Å²) in [6.45, 7) is 2.12. The highest BCUT2D eigenvalue weighted by atomic mass is 19.4. The van der Waals surface area contributed by atoms with E-state index in [0.717, 1.165) is 12.1 Å². The van der Waals surface area contributed by atoms with Gasteiger partial charge in [0.25, 0.3) is 5.91 Å². The van der Waals surface area contributed by atoms with Crippen molar-refractivity contribution in [1.82, 2.24) is 5.32 Å². The lowest BCUT2D eigenvalue weighted by Gasteiger charge is -2.09. The van der Waals surface area contributed by atoms with Gasteiger partial charge in [-0.2, -0.15) is 0 Å². The van der Waals surface area contributed by atoms with Crippen LogP contribution in [0.5, 0.6) is 5.75 Å². The number of alkyl halides is 3. The topological polar surface area (TPSA) is 38.3 Å². The van der Waals surface area contributed by atoms with Crippen LogP contribution in [0, 0.1) is 0 Å². The van der Waals surface area contributed by atoms with Crippen molar-refractivity contribution in [3.05, 3.63) is 29.8 Å². The molecule has 0 heterocycles. The van der Waals surface area contributed by atoms with Crippen molar-refractivity contribution in [2.45, 2.75) is 20.7 Å². The van der Waals surface area contributed by atoms with Gasteiger partial charge < -0.3 is 10.1 Å². The second-order valence-corrected chi connectivity index (χ2v) is 2.94. The van der Waals surface area contributed by atoms with E-state index in [1.54, 1.807) is 6.92 Å². The zero-order chi connectivity index (χ0) is 12.2. The summed E-state index contributed by atoms with van der Waals surface area (Å²) < 4.78 is 39.4. The van der Waals surface area contributed by atoms with Crippen LogP contribution in [0.15, 0.2) is 24.3 Å². The molecule has 0 saturated heterocycles. The van der Waals surface area contributed by atoms with Crippen LogP contribution < -0.4 is 10.1 Å². The summed E-state index contributed by atoms with van der Waals surface area (Å²) in [7, 11) is 0. The molecule has 17 heavy (non-hydrogen) atoms. The number of ether oxygens (including phenoxy) is 1. The molecule has 0 aromatic heterocycles. The maximum absolute atomic E-state index is 11.9. The Hall–Kier alpha value is -1.72. The Morgan fingerprint density at radius 1 is 1.41 bits per heavy atom. The second kappa shape index (κ2) is 6.12. The van der Waals surface area contributed by atoms with Crippen LogP contribution in [-0.2, 0) is 0 Å². The maximum Gasteiger partial charge on any atom is 0.573 e. The molecule has 0 aliphatic heterocycles. The van der Waals surface area contributed by atoms with Crippen LogP contribution in [0.2, 0.25) is 0 Å². The zero-order valence-electron chi connectivity index (χ0n) is 8.47. The molecule has 3 nitrogen and oxygen atoms in total. The fourth-order valence-electron chi connectivity index (χ4n) is 1.10. The maximum atomic E-state index is 11.9. The third-order valence-electron chi connectivity index (χ3n) is 1.67. The Morgan fingerprint density at radius 2 is 2.06 bits per heavy atom. The highest BCUT2D eigenvalue weighted by molar-refractivity contribution is 5.94. The SMILES string of the molecule is C.CCNC(=O)c1cccc(OC(F)(F)F)c1. The van der Waals surface area contributed by atoms with Gasteiger partial charge in [0.15, 0.2) is 0 Å². The smallest absolute Gasteiger partial charge is 0.406 e. The van der Waals surface area contributed by atoms with Gasteiger partial charge in [0, 0.05) is 12.1 Å². The Kier molecular flexibility index (Phi) is 5.50. The lowest BCUT2D eigenvalue weighted by molar-refractivity contribution is -0.274. The molecule has 1 N–H and O–H groups in total. The van der Waals surface area contributed by atoms with Crippen molar-refractivity contribution in [1.29, 1.82) is 0 Å². The highest BCUT2D eigenvalue weighted by Crippen LogP contribution is 2.23. The van der Waals surface area contributed by atoms with Gasteiger partial charge in [0.1, 0.15) is 5.75 Å². The molecular formula is C11H14F3NO2. The Bertz CT molecular complexity index is 377. The van der Waals surface area contributed by atoms with Gasteiger partial charge >= 0.3 is 6.36 Å². The Labute approximate surface area is 97.6 Å². The second-order valence-electron chi connectivity index (χ2n) is 2.94. The van der Waals surface area contributed by atoms with E-state index < -0.39 is 18.0 Å². The van der Waals surface area contributed by atoms with Crippen molar-refractivity contribution >= 4 is 5.91 Å². The van der Waals surface area contributed by atoms with Crippen LogP contribution in [0.3, 0.4) is 0 Å². The predicted molar refractivity (Wildman–Crippen MR) is 57.9 cm³/mol. The number of amides is 1. The van der Waals surface area contributed by atoms with Crippen LogP contribution >= 0.6 is 0 Å². The molecular weight excluding hydrogens is 235 g/mol. The monoisotopic (exact) mass is 249 g/mol. The first kappa shape index (κ1) is 15.3. The van der Waals surface area contributed by atoms with Crippen molar-refractivity contribution in [3.8, 4) is 5.75 Å². The molecule has 0 unspecified atom stereocenters. The number of nitrogens with one attached hydrogen (secondary N) is 1. The minimum Gasteiger partial charge on any atom is -0.406 e. The molecule has 96 valence electrons. The van der Waals surface area contributed by atoms with Gasteiger partial charge in [-0.3, -0.25) is 4.79 Å². The number of carbonyl (C=O) groups is 1. The molecule has 0 aliphatic rings. The van der Waals surface area contributed by atoms with Crippen LogP contribution in [-0.4, -0.2) is 18.8 Å². The number of carbonyl (C=O) groups excluding carboxylic acids is 1. The molecule has 0 aliphatic carbocycles. The van der Waals surface area contributed by atoms with E-state index in [1.165, 1.54) is 12.1 Å². The van der Waals surface area contributed by atoms with Gasteiger partial charge in [0.05, 0.1) is 0 Å². The third kappa shape index (κ3) is 5.24. The average molecular weight is 249 g/mol. The summed E-state index contributed by atoms with van der Waals surface area (Å²) in [4.78, 5) is 11.3. The number of benzene rings is 1. The van der Waals surface area contributed by atoms with E-state index in [9.17, 15) is 18.0 Å². The zero-order valence-corrected chi connectivity index (χ0v) is 8.47. The van der Waals surface area contributed by atoms with Gasteiger partial charge in [-0.05, 0) is 25.1 Å². The fraction of sp³-hybridized carbons (Fsp3) is 0.364. The standard InChI is InChI=1S/C10H10F3NO2.CH4/c1-2-14-9(15)7-4-3-5-8(6-7)16-10(11,12)13;/h3-6H,2H2,1H3,(H,14,15);1H4.